The molecule has 0 radical (unpaired) electrons. The predicted octanol–water partition coefficient (Wildman–Crippen LogP) is 1.53. The fraction of sp³-hybridized carbons (Fsp3) is 0.389. The number of hydrogen-bond donors (Lipinski definition) is 2. The van der Waals surface area contributed by atoms with E-state index < -0.39 is 11.7 Å². The molecular weight excluding hydrogens is 339 g/mol. The lowest BCUT2D eigenvalue weighted by atomic mass is 9.86. The molecule has 1 fully saturated rings. The smallest absolute Gasteiger partial charge is 0.258 e. The third-order valence-corrected chi connectivity index (χ3v) is 4.85. The van der Waals surface area contributed by atoms with E-state index >= 15 is 0 Å². The molecule has 0 bridgehead atoms. The molecule has 2 N–H and O–H groups in total. The number of carbonyl (C=O) groups is 1. The first-order valence-corrected chi connectivity index (χ1v) is 8.56. The molecule has 0 spiro atoms. The summed E-state index contributed by atoms with van der Waals surface area (Å²) in [6.45, 7) is 3.96. The van der Waals surface area contributed by atoms with Gasteiger partial charge < -0.3 is 15.0 Å². The monoisotopic (exact) mass is 358 g/mol. The fourth-order valence-electron chi connectivity index (χ4n) is 3.49. The van der Waals surface area contributed by atoms with Crippen LogP contribution in [0.4, 0.5) is 16.2 Å². The molecule has 2 aliphatic heterocycles. The number of halogens is 1. The normalized spacial score (nSPS) is 19.8. The summed E-state index contributed by atoms with van der Waals surface area (Å²) in [7, 11) is 0. The molecule has 7 nitrogen and oxygen atoms in total. The van der Waals surface area contributed by atoms with Gasteiger partial charge in [-0.05, 0) is 18.1 Å². The van der Waals surface area contributed by atoms with Crippen LogP contribution in [0.1, 0.15) is 29.0 Å². The number of H-pyrrole nitrogens is 1. The van der Waals surface area contributed by atoms with Gasteiger partial charge in [0, 0.05) is 25.4 Å². The summed E-state index contributed by atoms with van der Waals surface area (Å²) < 4.78 is 19.9. The number of morpholine rings is 1. The van der Waals surface area contributed by atoms with E-state index in [1.165, 1.54) is 0 Å². The van der Waals surface area contributed by atoms with E-state index in [1.807, 2.05) is 4.90 Å². The molecule has 4 rings (SSSR count). The van der Waals surface area contributed by atoms with Gasteiger partial charge >= 0.3 is 0 Å². The Morgan fingerprint density at radius 2 is 2.04 bits per heavy atom. The maximum absolute atomic E-state index is 14.6. The number of ether oxygens (including phenoxy) is 1. The van der Waals surface area contributed by atoms with Crippen LogP contribution in [0.25, 0.3) is 0 Å². The number of rotatable bonds is 2. The van der Waals surface area contributed by atoms with Gasteiger partial charge in [0.25, 0.3) is 5.56 Å². The predicted molar refractivity (Wildman–Crippen MR) is 94.1 cm³/mol. The number of carbonyl (C=O) groups excluding carboxylic acids is 1. The topological polar surface area (TPSA) is 87.3 Å². The summed E-state index contributed by atoms with van der Waals surface area (Å²) in [5.41, 5.74) is 0.755. The quantitative estimate of drug-likeness (QED) is 0.850. The minimum Gasteiger partial charge on any atom is -0.378 e. The molecule has 0 unspecified atom stereocenters. The van der Waals surface area contributed by atoms with Crippen molar-refractivity contribution in [2.24, 2.45) is 0 Å². The summed E-state index contributed by atoms with van der Waals surface area (Å²) in [4.78, 5) is 34.1. The first-order chi connectivity index (χ1) is 12.5. The Kier molecular flexibility index (Phi) is 4.20. The number of nitrogens with zero attached hydrogens (tertiary/aromatic N) is 2. The van der Waals surface area contributed by atoms with E-state index in [-0.39, 0.29) is 23.7 Å². The Morgan fingerprint density at radius 1 is 1.27 bits per heavy atom. The van der Waals surface area contributed by atoms with Crippen LogP contribution in [0.3, 0.4) is 0 Å². The molecule has 0 saturated carbocycles. The minimum atomic E-state index is -0.659. The van der Waals surface area contributed by atoms with E-state index in [9.17, 15) is 14.0 Å². The second kappa shape index (κ2) is 6.53. The molecule has 3 heterocycles. The maximum atomic E-state index is 14.6. The first kappa shape index (κ1) is 16.7. The van der Waals surface area contributed by atoms with Gasteiger partial charge in [0.15, 0.2) is 0 Å². The Balaban J connectivity index is 1.81. The Morgan fingerprint density at radius 3 is 2.81 bits per heavy atom. The van der Waals surface area contributed by atoms with E-state index in [0.29, 0.717) is 48.9 Å². The van der Waals surface area contributed by atoms with E-state index in [1.54, 1.807) is 25.1 Å². The standard InChI is InChI=1S/C18H19FN4O3/c1-10-3-2-4-11(15(10)19)12-9-13(24)20-16-14(12)17(25)22-18(21-16)23-5-7-26-8-6-23/h2-4,12H,5-9H2,1H3,(H2,20,21,22,24,25)/t12-/m1/s1. The van der Waals surface area contributed by atoms with Crippen LogP contribution in [-0.2, 0) is 9.53 Å². The lowest BCUT2D eigenvalue weighted by molar-refractivity contribution is -0.116. The van der Waals surface area contributed by atoms with Crippen molar-refractivity contribution in [3.8, 4) is 0 Å². The van der Waals surface area contributed by atoms with E-state index in [2.05, 4.69) is 15.3 Å². The minimum absolute atomic E-state index is 0.00896. The van der Waals surface area contributed by atoms with Crippen molar-refractivity contribution >= 4 is 17.7 Å². The van der Waals surface area contributed by atoms with Crippen LogP contribution < -0.4 is 15.8 Å². The van der Waals surface area contributed by atoms with Crippen molar-refractivity contribution < 1.29 is 13.9 Å². The van der Waals surface area contributed by atoms with Crippen molar-refractivity contribution in [1.29, 1.82) is 0 Å². The average molecular weight is 358 g/mol. The number of aromatic amines is 1. The second-order valence-corrected chi connectivity index (χ2v) is 6.53. The van der Waals surface area contributed by atoms with Crippen LogP contribution in [0, 0.1) is 12.7 Å². The highest BCUT2D eigenvalue weighted by atomic mass is 19.1. The second-order valence-electron chi connectivity index (χ2n) is 6.53. The summed E-state index contributed by atoms with van der Waals surface area (Å²) >= 11 is 0. The van der Waals surface area contributed by atoms with Gasteiger partial charge in [-0.3, -0.25) is 14.6 Å². The highest BCUT2D eigenvalue weighted by Crippen LogP contribution is 2.36. The SMILES string of the molecule is Cc1cccc([C@H]2CC(=O)Nc3nc(N4CCOCC4)[nH]c(=O)c32)c1F. The lowest BCUT2D eigenvalue weighted by Gasteiger charge is -2.30. The molecule has 26 heavy (non-hydrogen) atoms. The van der Waals surface area contributed by atoms with Crippen LogP contribution in [0.2, 0.25) is 0 Å². The lowest BCUT2D eigenvalue weighted by Crippen LogP contribution is -2.40. The zero-order chi connectivity index (χ0) is 18.3. The van der Waals surface area contributed by atoms with Crippen molar-refractivity contribution in [3.63, 3.8) is 0 Å². The largest absolute Gasteiger partial charge is 0.378 e. The summed E-state index contributed by atoms with van der Waals surface area (Å²) in [5.74, 6) is -0.738. The van der Waals surface area contributed by atoms with Gasteiger partial charge in [0.2, 0.25) is 11.9 Å². The molecule has 1 atom stereocenters. The number of anilines is 2. The molecular formula is C18H19FN4O3. The van der Waals surface area contributed by atoms with Gasteiger partial charge in [-0.1, -0.05) is 18.2 Å². The van der Waals surface area contributed by atoms with Gasteiger partial charge in [0.05, 0.1) is 18.8 Å². The number of hydrogen-bond acceptors (Lipinski definition) is 5. The number of nitrogens with one attached hydrogen (secondary N) is 2. The molecule has 1 aromatic heterocycles. The van der Waals surface area contributed by atoms with Crippen molar-refractivity contribution in [2.75, 3.05) is 36.5 Å². The summed E-state index contributed by atoms with van der Waals surface area (Å²) in [6, 6.07) is 5.00. The number of aromatic nitrogens is 2. The van der Waals surface area contributed by atoms with Gasteiger partial charge in [0.1, 0.15) is 11.6 Å². The number of benzene rings is 1. The zero-order valence-electron chi connectivity index (χ0n) is 14.3. The highest BCUT2D eigenvalue weighted by molar-refractivity contribution is 5.94. The third kappa shape index (κ3) is 2.86. The van der Waals surface area contributed by atoms with Crippen LogP contribution >= 0.6 is 0 Å². The van der Waals surface area contributed by atoms with Gasteiger partial charge in [-0.25, -0.2) is 4.39 Å². The Bertz CT molecular complexity index is 921. The van der Waals surface area contributed by atoms with Gasteiger partial charge in [-0.2, -0.15) is 4.98 Å². The molecule has 1 aromatic carbocycles. The van der Waals surface area contributed by atoms with Crippen LogP contribution in [0.5, 0.6) is 0 Å². The Labute approximate surface area is 149 Å². The zero-order valence-corrected chi connectivity index (χ0v) is 14.3. The fourth-order valence-corrected chi connectivity index (χ4v) is 3.49. The first-order valence-electron chi connectivity index (χ1n) is 8.56. The third-order valence-electron chi connectivity index (χ3n) is 4.85. The highest BCUT2D eigenvalue weighted by Gasteiger charge is 2.33. The molecule has 136 valence electrons. The molecule has 0 aliphatic carbocycles. The molecule has 2 aromatic rings. The molecule has 1 amide bonds. The maximum Gasteiger partial charge on any atom is 0.258 e. The molecule has 2 aliphatic rings. The van der Waals surface area contributed by atoms with E-state index in [0.717, 1.165) is 0 Å². The van der Waals surface area contributed by atoms with Crippen LogP contribution in [0.15, 0.2) is 23.0 Å². The molecule has 8 heteroatoms. The van der Waals surface area contributed by atoms with Crippen molar-refractivity contribution in [2.45, 2.75) is 19.3 Å². The average Bonchev–Trinajstić information content (AvgIpc) is 2.63. The van der Waals surface area contributed by atoms with Gasteiger partial charge in [-0.15, -0.1) is 0 Å². The number of fused-ring (bicyclic) bond motifs is 1. The molecule has 1 saturated heterocycles. The number of aryl methyl sites for hydroxylation is 1. The van der Waals surface area contributed by atoms with Crippen LogP contribution in [-0.4, -0.2) is 42.2 Å². The van der Waals surface area contributed by atoms with E-state index in [4.69, 9.17) is 4.74 Å². The van der Waals surface area contributed by atoms with Crippen molar-refractivity contribution in [1.82, 2.24) is 9.97 Å². The number of amides is 1. The summed E-state index contributed by atoms with van der Waals surface area (Å²) in [5, 5.41) is 2.66. The summed E-state index contributed by atoms with van der Waals surface area (Å²) in [6.07, 6.45) is 0.00896. The van der Waals surface area contributed by atoms with Crippen molar-refractivity contribution in [3.05, 3.63) is 51.1 Å². The Hall–Kier alpha value is -2.74.